The number of aromatic nitrogens is 3. The lowest BCUT2D eigenvalue weighted by Gasteiger charge is -2.06. The Bertz CT molecular complexity index is 962. The zero-order valence-electron chi connectivity index (χ0n) is 15.0. The number of nitrogens with two attached hydrogens (primary N) is 1. The highest BCUT2D eigenvalue weighted by molar-refractivity contribution is 6.05. The van der Waals surface area contributed by atoms with E-state index in [0.29, 0.717) is 17.8 Å². The summed E-state index contributed by atoms with van der Waals surface area (Å²) in [7, 11) is 1.31. The number of carbonyl (C=O) groups is 2. The lowest BCUT2D eigenvalue weighted by Crippen LogP contribution is -2.15. The van der Waals surface area contributed by atoms with Crippen molar-refractivity contribution in [3.63, 3.8) is 0 Å². The van der Waals surface area contributed by atoms with Gasteiger partial charge in [0.25, 0.3) is 5.91 Å². The quantitative estimate of drug-likeness (QED) is 0.671. The van der Waals surface area contributed by atoms with Crippen molar-refractivity contribution in [2.45, 2.75) is 13.5 Å². The SMILES string of the molecule is COC(=O)c1ccc(NC(=O)c2nnn(Cc3ccc(C)cc3)c2N)cc1. The van der Waals surface area contributed by atoms with Gasteiger partial charge in [-0.2, -0.15) is 0 Å². The van der Waals surface area contributed by atoms with Gasteiger partial charge in [0, 0.05) is 5.69 Å². The Morgan fingerprint density at radius 2 is 1.78 bits per heavy atom. The Kier molecular flexibility index (Phi) is 5.16. The molecule has 1 heterocycles. The van der Waals surface area contributed by atoms with Crippen molar-refractivity contribution in [3.05, 3.63) is 70.9 Å². The molecule has 0 aliphatic carbocycles. The Morgan fingerprint density at radius 1 is 1.11 bits per heavy atom. The van der Waals surface area contributed by atoms with E-state index in [0.717, 1.165) is 11.1 Å². The number of ether oxygens (including phenoxy) is 1. The van der Waals surface area contributed by atoms with E-state index in [1.807, 2.05) is 31.2 Å². The van der Waals surface area contributed by atoms with Gasteiger partial charge in [0.1, 0.15) is 0 Å². The molecule has 0 saturated carbocycles. The number of benzene rings is 2. The summed E-state index contributed by atoms with van der Waals surface area (Å²) in [6.45, 7) is 2.42. The van der Waals surface area contributed by atoms with Crippen LogP contribution in [0.15, 0.2) is 48.5 Å². The van der Waals surface area contributed by atoms with Gasteiger partial charge in [0.2, 0.25) is 0 Å². The number of nitrogens with one attached hydrogen (secondary N) is 1. The van der Waals surface area contributed by atoms with Crippen LogP contribution in [0.5, 0.6) is 0 Å². The molecule has 3 N–H and O–H groups in total. The molecule has 8 nitrogen and oxygen atoms in total. The lowest BCUT2D eigenvalue weighted by molar-refractivity contribution is 0.0600. The zero-order chi connectivity index (χ0) is 19.4. The summed E-state index contributed by atoms with van der Waals surface area (Å²) in [4.78, 5) is 23.9. The molecule has 0 fully saturated rings. The number of aryl methyl sites for hydroxylation is 1. The minimum absolute atomic E-state index is 0.0409. The Hall–Kier alpha value is -3.68. The number of rotatable bonds is 5. The number of carbonyl (C=O) groups excluding carboxylic acids is 2. The largest absolute Gasteiger partial charge is 0.465 e. The van der Waals surface area contributed by atoms with Gasteiger partial charge in [0.15, 0.2) is 11.5 Å². The van der Waals surface area contributed by atoms with Gasteiger partial charge in [-0.1, -0.05) is 35.0 Å². The minimum Gasteiger partial charge on any atom is -0.465 e. The Morgan fingerprint density at radius 3 is 2.41 bits per heavy atom. The smallest absolute Gasteiger partial charge is 0.337 e. The topological polar surface area (TPSA) is 112 Å². The first kappa shape index (κ1) is 18.1. The second-order valence-corrected chi connectivity index (χ2v) is 5.99. The molecular formula is C19H19N5O3. The van der Waals surface area contributed by atoms with Crippen LogP contribution >= 0.6 is 0 Å². The number of hydrogen-bond donors (Lipinski definition) is 2. The molecule has 138 valence electrons. The monoisotopic (exact) mass is 365 g/mol. The van der Waals surface area contributed by atoms with E-state index in [1.54, 1.807) is 24.3 Å². The molecule has 0 saturated heterocycles. The fourth-order valence-corrected chi connectivity index (χ4v) is 2.46. The summed E-state index contributed by atoms with van der Waals surface area (Å²) in [5.74, 6) is -0.746. The van der Waals surface area contributed by atoms with Crippen LogP contribution in [0.25, 0.3) is 0 Å². The fraction of sp³-hybridized carbons (Fsp3) is 0.158. The van der Waals surface area contributed by atoms with Crippen LogP contribution in [0.2, 0.25) is 0 Å². The molecule has 0 bridgehead atoms. The van der Waals surface area contributed by atoms with Crippen LogP contribution in [0, 0.1) is 6.92 Å². The lowest BCUT2D eigenvalue weighted by atomic mass is 10.1. The zero-order valence-corrected chi connectivity index (χ0v) is 15.0. The highest BCUT2D eigenvalue weighted by Crippen LogP contribution is 2.15. The highest BCUT2D eigenvalue weighted by Gasteiger charge is 2.18. The van der Waals surface area contributed by atoms with Crippen LogP contribution in [-0.2, 0) is 11.3 Å². The molecule has 0 atom stereocenters. The van der Waals surface area contributed by atoms with E-state index in [4.69, 9.17) is 5.73 Å². The van der Waals surface area contributed by atoms with Crippen LogP contribution in [0.4, 0.5) is 11.5 Å². The number of esters is 1. The van der Waals surface area contributed by atoms with Crippen LogP contribution in [0.3, 0.4) is 0 Å². The average Bonchev–Trinajstić information content (AvgIpc) is 3.04. The predicted molar refractivity (Wildman–Crippen MR) is 100 cm³/mol. The Balaban J connectivity index is 1.71. The van der Waals surface area contributed by atoms with Crippen LogP contribution in [0.1, 0.15) is 32.0 Å². The van der Waals surface area contributed by atoms with Crippen molar-refractivity contribution in [1.29, 1.82) is 0 Å². The van der Waals surface area contributed by atoms with Crippen molar-refractivity contribution in [2.75, 3.05) is 18.2 Å². The Labute approximate surface area is 155 Å². The van der Waals surface area contributed by atoms with Gasteiger partial charge < -0.3 is 15.8 Å². The molecule has 27 heavy (non-hydrogen) atoms. The molecular weight excluding hydrogens is 346 g/mol. The van der Waals surface area contributed by atoms with Crippen molar-refractivity contribution in [1.82, 2.24) is 15.0 Å². The maximum Gasteiger partial charge on any atom is 0.337 e. The fourth-order valence-electron chi connectivity index (χ4n) is 2.46. The average molecular weight is 365 g/mol. The molecule has 0 spiro atoms. The maximum atomic E-state index is 12.4. The first-order chi connectivity index (χ1) is 13.0. The number of anilines is 2. The van der Waals surface area contributed by atoms with Crippen molar-refractivity contribution in [3.8, 4) is 0 Å². The maximum absolute atomic E-state index is 12.4. The van der Waals surface area contributed by atoms with Gasteiger partial charge in [-0.15, -0.1) is 5.10 Å². The third-order valence-corrected chi connectivity index (χ3v) is 4.01. The van der Waals surface area contributed by atoms with E-state index in [9.17, 15) is 9.59 Å². The van der Waals surface area contributed by atoms with E-state index in [1.165, 1.54) is 11.8 Å². The van der Waals surface area contributed by atoms with Gasteiger partial charge >= 0.3 is 5.97 Å². The number of amides is 1. The number of methoxy groups -OCH3 is 1. The van der Waals surface area contributed by atoms with E-state index >= 15 is 0 Å². The first-order valence-corrected chi connectivity index (χ1v) is 8.22. The highest BCUT2D eigenvalue weighted by atomic mass is 16.5. The molecule has 0 aliphatic rings. The van der Waals surface area contributed by atoms with E-state index in [2.05, 4.69) is 20.4 Å². The normalized spacial score (nSPS) is 10.4. The molecule has 0 radical (unpaired) electrons. The molecule has 0 unspecified atom stereocenters. The molecule has 8 heteroatoms. The van der Waals surface area contributed by atoms with Crippen LogP contribution in [-0.4, -0.2) is 34.0 Å². The predicted octanol–water partition coefficient (Wildman–Crippen LogP) is 2.26. The number of nitrogens with zero attached hydrogens (tertiary/aromatic N) is 3. The van der Waals surface area contributed by atoms with Gasteiger partial charge in [0.05, 0.1) is 19.2 Å². The molecule has 3 rings (SSSR count). The molecule has 0 aliphatic heterocycles. The summed E-state index contributed by atoms with van der Waals surface area (Å²) < 4.78 is 6.11. The van der Waals surface area contributed by atoms with Gasteiger partial charge in [-0.05, 0) is 36.8 Å². The molecule has 2 aromatic carbocycles. The molecule has 1 aromatic heterocycles. The summed E-state index contributed by atoms with van der Waals surface area (Å²) >= 11 is 0. The third-order valence-electron chi connectivity index (χ3n) is 4.01. The van der Waals surface area contributed by atoms with Crippen molar-refractivity contribution < 1.29 is 14.3 Å². The minimum atomic E-state index is -0.478. The number of hydrogen-bond acceptors (Lipinski definition) is 6. The van der Waals surface area contributed by atoms with Crippen molar-refractivity contribution >= 4 is 23.4 Å². The standard InChI is InChI=1S/C19H19N5O3/c1-12-3-5-13(6-4-12)11-24-17(20)16(22-23-24)18(25)21-15-9-7-14(8-10-15)19(26)27-2/h3-10H,11,20H2,1-2H3,(H,21,25). The first-order valence-electron chi connectivity index (χ1n) is 8.22. The second-order valence-electron chi connectivity index (χ2n) is 5.99. The second kappa shape index (κ2) is 7.69. The molecule has 3 aromatic rings. The van der Waals surface area contributed by atoms with Gasteiger partial charge in [-0.25, -0.2) is 9.48 Å². The van der Waals surface area contributed by atoms with E-state index < -0.39 is 11.9 Å². The summed E-state index contributed by atoms with van der Waals surface area (Å²) in [6, 6.07) is 14.2. The van der Waals surface area contributed by atoms with Crippen molar-refractivity contribution in [2.24, 2.45) is 0 Å². The summed E-state index contributed by atoms with van der Waals surface area (Å²) in [5, 5.41) is 10.5. The summed E-state index contributed by atoms with van der Waals surface area (Å²) in [5.41, 5.74) is 9.12. The summed E-state index contributed by atoms with van der Waals surface area (Å²) in [6.07, 6.45) is 0. The van der Waals surface area contributed by atoms with Crippen LogP contribution < -0.4 is 11.1 Å². The third kappa shape index (κ3) is 4.12. The van der Waals surface area contributed by atoms with Gasteiger partial charge in [-0.3, -0.25) is 4.79 Å². The van der Waals surface area contributed by atoms with E-state index in [-0.39, 0.29) is 11.5 Å². The number of nitrogen functional groups attached to an aromatic ring is 1. The molecule has 1 amide bonds.